The number of amides is 1. The minimum atomic E-state index is -0.907. The van der Waals surface area contributed by atoms with Gasteiger partial charge in [0.15, 0.2) is 0 Å². The van der Waals surface area contributed by atoms with E-state index in [1.165, 1.54) is 17.0 Å². The number of hydrogen-bond acceptors (Lipinski definition) is 4. The van der Waals surface area contributed by atoms with Gasteiger partial charge in [0.05, 0.1) is 16.6 Å². The van der Waals surface area contributed by atoms with Crippen LogP contribution in [0.25, 0.3) is 5.76 Å². The molecule has 0 spiro atoms. The summed E-state index contributed by atoms with van der Waals surface area (Å²) in [5.41, 5.74) is 4.29. The molecule has 0 saturated carbocycles. The number of carbonyl (C=O) groups is 2. The SMILES string of the molecule is CCc1ccc(N2C(=O)C(=O)/C(=C(/O)c3cc(C)ccc3C)C2c2ccc(O)c(Cl)c2)cc1. The van der Waals surface area contributed by atoms with Crippen molar-refractivity contribution in [2.24, 2.45) is 0 Å². The van der Waals surface area contributed by atoms with E-state index in [0.717, 1.165) is 23.1 Å². The molecule has 1 saturated heterocycles. The fraction of sp³-hybridized carbons (Fsp3) is 0.185. The van der Waals surface area contributed by atoms with Gasteiger partial charge in [0.1, 0.15) is 11.5 Å². The molecule has 1 amide bonds. The molecule has 5 nitrogen and oxygen atoms in total. The molecule has 168 valence electrons. The lowest BCUT2D eigenvalue weighted by Crippen LogP contribution is -2.29. The maximum atomic E-state index is 13.3. The number of phenolic OH excluding ortho intramolecular Hbond substituents is 1. The maximum Gasteiger partial charge on any atom is 0.300 e. The number of Topliss-reactive ketones (excluding diaryl/α,β-unsaturated/α-hetero) is 1. The first-order chi connectivity index (χ1) is 15.7. The van der Waals surface area contributed by atoms with Crippen LogP contribution in [0.3, 0.4) is 0 Å². The van der Waals surface area contributed by atoms with E-state index in [-0.39, 0.29) is 22.1 Å². The van der Waals surface area contributed by atoms with Gasteiger partial charge in [-0.05, 0) is 67.3 Å². The number of rotatable bonds is 4. The highest BCUT2D eigenvalue weighted by atomic mass is 35.5. The number of anilines is 1. The third kappa shape index (κ3) is 4.00. The van der Waals surface area contributed by atoms with Gasteiger partial charge in [-0.25, -0.2) is 0 Å². The molecule has 1 aliphatic heterocycles. The van der Waals surface area contributed by atoms with Crippen molar-refractivity contribution in [1.82, 2.24) is 0 Å². The molecule has 1 atom stereocenters. The molecule has 6 heteroatoms. The summed E-state index contributed by atoms with van der Waals surface area (Å²) in [5.74, 6) is -1.86. The predicted molar refractivity (Wildman–Crippen MR) is 130 cm³/mol. The van der Waals surface area contributed by atoms with E-state index in [1.807, 2.05) is 45.0 Å². The zero-order chi connectivity index (χ0) is 23.9. The quantitative estimate of drug-likeness (QED) is 0.290. The van der Waals surface area contributed by atoms with Crippen molar-refractivity contribution in [2.45, 2.75) is 33.2 Å². The number of aryl methyl sites for hydroxylation is 3. The Morgan fingerprint density at radius 1 is 1.00 bits per heavy atom. The van der Waals surface area contributed by atoms with Crippen molar-refractivity contribution in [2.75, 3.05) is 4.90 Å². The number of carbonyl (C=O) groups excluding carboxylic acids is 2. The molecule has 1 unspecified atom stereocenters. The van der Waals surface area contributed by atoms with Crippen LogP contribution in [0.4, 0.5) is 5.69 Å². The van der Waals surface area contributed by atoms with Crippen LogP contribution in [0, 0.1) is 13.8 Å². The predicted octanol–water partition coefficient (Wildman–Crippen LogP) is 5.85. The lowest BCUT2D eigenvalue weighted by atomic mass is 9.93. The molecule has 0 aliphatic carbocycles. The van der Waals surface area contributed by atoms with E-state index < -0.39 is 17.7 Å². The van der Waals surface area contributed by atoms with Crippen molar-refractivity contribution in [3.05, 3.63) is 99.1 Å². The van der Waals surface area contributed by atoms with Gasteiger partial charge in [-0.3, -0.25) is 14.5 Å². The second-order valence-corrected chi connectivity index (χ2v) is 8.63. The summed E-state index contributed by atoms with van der Waals surface area (Å²) in [6, 6.07) is 16.6. The first-order valence-electron chi connectivity index (χ1n) is 10.7. The van der Waals surface area contributed by atoms with Gasteiger partial charge >= 0.3 is 0 Å². The van der Waals surface area contributed by atoms with Gasteiger partial charge in [0, 0.05) is 11.3 Å². The minimum Gasteiger partial charge on any atom is -0.507 e. The van der Waals surface area contributed by atoms with Crippen molar-refractivity contribution < 1.29 is 19.8 Å². The standard InChI is InChI=1S/C27H24ClNO4/c1-4-17-7-10-19(11-8-17)29-24(18-9-12-22(30)21(28)14-18)23(26(32)27(29)33)25(31)20-13-15(2)5-6-16(20)3/h5-14,24,30-31H,4H2,1-3H3/b25-23+. The van der Waals surface area contributed by atoms with Crippen LogP contribution in [-0.2, 0) is 16.0 Å². The molecule has 1 aliphatic rings. The Hall–Kier alpha value is -3.57. The average molecular weight is 462 g/mol. The normalized spacial score (nSPS) is 17.6. The summed E-state index contributed by atoms with van der Waals surface area (Å²) in [4.78, 5) is 27.9. The summed E-state index contributed by atoms with van der Waals surface area (Å²) in [5, 5.41) is 21.3. The number of aromatic hydroxyl groups is 1. The van der Waals surface area contributed by atoms with E-state index >= 15 is 0 Å². The van der Waals surface area contributed by atoms with Crippen LogP contribution < -0.4 is 4.90 Å². The van der Waals surface area contributed by atoms with Crippen molar-refractivity contribution in [3.63, 3.8) is 0 Å². The third-order valence-electron chi connectivity index (χ3n) is 6.00. The highest BCUT2D eigenvalue weighted by molar-refractivity contribution is 6.51. The number of aliphatic hydroxyl groups is 1. The van der Waals surface area contributed by atoms with Gasteiger partial charge in [-0.15, -0.1) is 0 Å². The zero-order valence-electron chi connectivity index (χ0n) is 18.6. The molecular formula is C27H24ClNO4. The van der Waals surface area contributed by atoms with Crippen LogP contribution in [0.5, 0.6) is 5.75 Å². The fourth-order valence-corrected chi connectivity index (χ4v) is 4.32. The second-order valence-electron chi connectivity index (χ2n) is 8.22. The fourth-order valence-electron chi connectivity index (χ4n) is 4.14. The zero-order valence-corrected chi connectivity index (χ0v) is 19.3. The van der Waals surface area contributed by atoms with Crippen molar-refractivity contribution in [1.29, 1.82) is 0 Å². The topological polar surface area (TPSA) is 77.8 Å². The average Bonchev–Trinajstić information content (AvgIpc) is 3.07. The molecule has 1 fully saturated rings. The number of ketones is 1. The molecule has 1 heterocycles. The molecule has 2 N–H and O–H groups in total. The first kappa shape index (κ1) is 22.6. The molecule has 3 aromatic carbocycles. The Bertz CT molecular complexity index is 1290. The maximum absolute atomic E-state index is 13.3. The molecular weight excluding hydrogens is 438 g/mol. The Kier molecular flexibility index (Phi) is 6.00. The van der Waals surface area contributed by atoms with Crippen LogP contribution >= 0.6 is 11.6 Å². The lowest BCUT2D eigenvalue weighted by Gasteiger charge is -2.26. The van der Waals surface area contributed by atoms with E-state index in [0.29, 0.717) is 16.8 Å². The summed E-state index contributed by atoms with van der Waals surface area (Å²) in [6.07, 6.45) is 0.836. The highest BCUT2D eigenvalue weighted by Gasteiger charge is 2.47. The largest absolute Gasteiger partial charge is 0.507 e. The number of benzene rings is 3. The molecule has 0 bridgehead atoms. The lowest BCUT2D eigenvalue weighted by molar-refractivity contribution is -0.132. The minimum absolute atomic E-state index is 0.0185. The van der Waals surface area contributed by atoms with Gasteiger partial charge in [0.2, 0.25) is 0 Å². The van der Waals surface area contributed by atoms with Gasteiger partial charge in [0.25, 0.3) is 11.7 Å². The van der Waals surface area contributed by atoms with Crippen LogP contribution in [0.1, 0.15) is 40.8 Å². The van der Waals surface area contributed by atoms with Crippen LogP contribution in [-0.4, -0.2) is 21.9 Å². The van der Waals surface area contributed by atoms with E-state index in [2.05, 4.69) is 0 Å². The summed E-state index contributed by atoms with van der Waals surface area (Å²) < 4.78 is 0. The summed E-state index contributed by atoms with van der Waals surface area (Å²) in [7, 11) is 0. The highest BCUT2D eigenvalue weighted by Crippen LogP contribution is 2.43. The molecule has 0 aromatic heterocycles. The number of nitrogens with zero attached hydrogens (tertiary/aromatic N) is 1. The Morgan fingerprint density at radius 3 is 2.33 bits per heavy atom. The van der Waals surface area contributed by atoms with Gasteiger partial charge in [-0.2, -0.15) is 0 Å². The Labute approximate surface area is 197 Å². The van der Waals surface area contributed by atoms with Crippen molar-refractivity contribution >= 4 is 34.7 Å². The van der Waals surface area contributed by atoms with Gasteiger partial charge < -0.3 is 10.2 Å². The number of phenols is 1. The first-order valence-corrected chi connectivity index (χ1v) is 11.1. The second kappa shape index (κ2) is 8.75. The van der Waals surface area contributed by atoms with Crippen molar-refractivity contribution in [3.8, 4) is 5.75 Å². The van der Waals surface area contributed by atoms with Crippen LogP contribution in [0.15, 0.2) is 66.2 Å². The third-order valence-corrected chi connectivity index (χ3v) is 6.31. The smallest absolute Gasteiger partial charge is 0.300 e. The van der Waals surface area contributed by atoms with Crippen LogP contribution in [0.2, 0.25) is 5.02 Å². The molecule has 0 radical (unpaired) electrons. The number of halogens is 1. The Balaban J connectivity index is 1.97. The van der Waals surface area contributed by atoms with E-state index in [9.17, 15) is 19.8 Å². The van der Waals surface area contributed by atoms with E-state index in [1.54, 1.807) is 24.3 Å². The molecule has 33 heavy (non-hydrogen) atoms. The Morgan fingerprint density at radius 2 is 1.70 bits per heavy atom. The summed E-state index contributed by atoms with van der Waals surface area (Å²) in [6.45, 7) is 5.76. The molecule has 3 aromatic rings. The summed E-state index contributed by atoms with van der Waals surface area (Å²) >= 11 is 6.17. The van der Waals surface area contributed by atoms with E-state index in [4.69, 9.17) is 11.6 Å². The number of hydrogen-bond donors (Lipinski definition) is 2. The monoisotopic (exact) mass is 461 g/mol. The van der Waals surface area contributed by atoms with Gasteiger partial charge in [-0.1, -0.05) is 54.4 Å². The molecule has 4 rings (SSSR count). The number of aliphatic hydroxyl groups excluding tert-OH is 1.